The summed E-state index contributed by atoms with van der Waals surface area (Å²) in [4.78, 5) is 49.4. The number of hydrogen-bond acceptors (Lipinski definition) is 5. The first-order chi connectivity index (χ1) is 15.8. The Labute approximate surface area is 197 Å². The van der Waals surface area contributed by atoms with Gasteiger partial charge < -0.3 is 20.7 Å². The second-order valence-corrected chi connectivity index (χ2v) is 8.24. The molecule has 0 radical (unpaired) electrons. The number of carbonyl (C=O) groups excluding carboxylic acids is 4. The van der Waals surface area contributed by atoms with E-state index in [1.54, 1.807) is 42.5 Å². The van der Waals surface area contributed by atoms with E-state index in [0.717, 1.165) is 25.7 Å². The minimum atomic E-state index is -0.994. The summed E-state index contributed by atoms with van der Waals surface area (Å²) >= 11 is 5.99. The highest BCUT2D eigenvalue weighted by atomic mass is 35.5. The molecule has 1 unspecified atom stereocenters. The lowest BCUT2D eigenvalue weighted by molar-refractivity contribution is -0.148. The van der Waals surface area contributed by atoms with E-state index in [-0.39, 0.29) is 22.5 Å². The lowest BCUT2D eigenvalue weighted by atomic mass is 10.1. The summed E-state index contributed by atoms with van der Waals surface area (Å²) in [5.74, 6) is -2.17. The van der Waals surface area contributed by atoms with E-state index in [9.17, 15) is 19.2 Å². The van der Waals surface area contributed by atoms with Crippen molar-refractivity contribution in [2.45, 2.75) is 44.7 Å². The second kappa shape index (κ2) is 11.5. The first-order valence-electron chi connectivity index (χ1n) is 10.8. The van der Waals surface area contributed by atoms with E-state index < -0.39 is 30.4 Å². The molecule has 174 valence electrons. The number of halogens is 1. The van der Waals surface area contributed by atoms with E-state index in [0.29, 0.717) is 11.3 Å². The van der Waals surface area contributed by atoms with E-state index in [1.807, 2.05) is 0 Å². The van der Waals surface area contributed by atoms with Crippen LogP contribution in [0.2, 0.25) is 5.02 Å². The Balaban J connectivity index is 1.50. The molecule has 8 nitrogen and oxygen atoms in total. The largest absolute Gasteiger partial charge is 0.454 e. The summed E-state index contributed by atoms with van der Waals surface area (Å²) in [7, 11) is 0. The number of nitrogens with one attached hydrogen (secondary N) is 3. The topological polar surface area (TPSA) is 114 Å². The van der Waals surface area contributed by atoms with Crippen LogP contribution in [0.25, 0.3) is 0 Å². The van der Waals surface area contributed by atoms with Gasteiger partial charge in [-0.2, -0.15) is 0 Å². The summed E-state index contributed by atoms with van der Waals surface area (Å²) < 4.78 is 5.01. The molecular weight excluding hydrogens is 446 g/mol. The van der Waals surface area contributed by atoms with Crippen molar-refractivity contribution in [2.75, 3.05) is 11.9 Å². The summed E-state index contributed by atoms with van der Waals surface area (Å²) in [5.41, 5.74) is 0.891. The predicted octanol–water partition coefficient (Wildman–Crippen LogP) is 3.31. The van der Waals surface area contributed by atoms with Gasteiger partial charge in [-0.1, -0.05) is 48.7 Å². The number of benzene rings is 2. The molecule has 1 aliphatic carbocycles. The molecule has 0 heterocycles. The van der Waals surface area contributed by atoms with Gasteiger partial charge in [-0.25, -0.2) is 4.79 Å². The molecule has 33 heavy (non-hydrogen) atoms. The molecule has 3 amide bonds. The summed E-state index contributed by atoms with van der Waals surface area (Å²) in [5, 5.41) is 8.33. The monoisotopic (exact) mass is 471 g/mol. The smallest absolute Gasteiger partial charge is 0.328 e. The minimum absolute atomic E-state index is 0.143. The maximum Gasteiger partial charge on any atom is 0.328 e. The van der Waals surface area contributed by atoms with Crippen molar-refractivity contribution >= 4 is 41.0 Å². The third-order valence-corrected chi connectivity index (χ3v) is 5.63. The molecule has 3 N–H and O–H groups in total. The van der Waals surface area contributed by atoms with Crippen LogP contribution in [0.4, 0.5) is 5.69 Å². The van der Waals surface area contributed by atoms with Gasteiger partial charge in [0.05, 0.1) is 21.8 Å². The van der Waals surface area contributed by atoms with Crippen LogP contribution >= 0.6 is 11.6 Å². The number of para-hydroxylation sites is 1. The lowest BCUT2D eigenvalue weighted by Gasteiger charge is -2.16. The predicted molar refractivity (Wildman–Crippen MR) is 124 cm³/mol. The SMILES string of the molecule is CC(NC(=O)c1ccccc1Cl)C(=O)OCC(=O)Nc1ccccc1C(=O)NC1CCCC1. The van der Waals surface area contributed by atoms with E-state index in [2.05, 4.69) is 16.0 Å². The minimum Gasteiger partial charge on any atom is -0.454 e. The third-order valence-electron chi connectivity index (χ3n) is 5.30. The van der Waals surface area contributed by atoms with Crippen molar-refractivity contribution in [3.63, 3.8) is 0 Å². The number of carbonyl (C=O) groups is 4. The fourth-order valence-electron chi connectivity index (χ4n) is 3.55. The highest BCUT2D eigenvalue weighted by Crippen LogP contribution is 2.20. The maximum absolute atomic E-state index is 12.6. The van der Waals surface area contributed by atoms with Crippen LogP contribution in [0.5, 0.6) is 0 Å². The zero-order valence-electron chi connectivity index (χ0n) is 18.2. The van der Waals surface area contributed by atoms with Gasteiger partial charge in [0.25, 0.3) is 17.7 Å². The molecule has 0 aliphatic heterocycles. The second-order valence-electron chi connectivity index (χ2n) is 7.83. The number of ether oxygens (including phenoxy) is 1. The number of hydrogen-bond donors (Lipinski definition) is 3. The van der Waals surface area contributed by atoms with Gasteiger partial charge in [0.1, 0.15) is 6.04 Å². The Kier molecular flexibility index (Phi) is 8.43. The Morgan fingerprint density at radius 1 is 0.970 bits per heavy atom. The average molecular weight is 472 g/mol. The number of rotatable bonds is 8. The highest BCUT2D eigenvalue weighted by molar-refractivity contribution is 6.33. The van der Waals surface area contributed by atoms with E-state index in [1.165, 1.54) is 13.0 Å². The van der Waals surface area contributed by atoms with Crippen molar-refractivity contribution in [1.82, 2.24) is 10.6 Å². The third kappa shape index (κ3) is 6.79. The van der Waals surface area contributed by atoms with Gasteiger partial charge in [-0.3, -0.25) is 14.4 Å². The standard InChI is InChI=1S/C24H26ClN3O5/c1-15(26-22(30)17-10-4-6-12-19(17)25)24(32)33-14-21(29)28-20-13-7-5-11-18(20)23(31)27-16-8-2-3-9-16/h4-7,10-13,15-16H,2-3,8-9,14H2,1H3,(H,26,30)(H,27,31)(H,28,29). The Hall–Kier alpha value is -3.39. The number of anilines is 1. The zero-order valence-corrected chi connectivity index (χ0v) is 19.0. The summed E-state index contributed by atoms with van der Waals surface area (Å²) in [6.07, 6.45) is 4.07. The van der Waals surface area contributed by atoms with Gasteiger partial charge in [-0.15, -0.1) is 0 Å². The van der Waals surface area contributed by atoms with Crippen LogP contribution in [0, 0.1) is 0 Å². The van der Waals surface area contributed by atoms with Crippen LogP contribution in [-0.2, 0) is 14.3 Å². The fourth-order valence-corrected chi connectivity index (χ4v) is 3.77. The molecule has 2 aromatic rings. The van der Waals surface area contributed by atoms with E-state index in [4.69, 9.17) is 16.3 Å². The van der Waals surface area contributed by atoms with Crippen LogP contribution < -0.4 is 16.0 Å². The van der Waals surface area contributed by atoms with E-state index >= 15 is 0 Å². The lowest BCUT2D eigenvalue weighted by Crippen LogP contribution is -2.40. The number of amides is 3. The number of esters is 1. The van der Waals surface area contributed by atoms with Gasteiger partial charge >= 0.3 is 5.97 Å². The van der Waals surface area contributed by atoms with Crippen LogP contribution in [0.3, 0.4) is 0 Å². The average Bonchev–Trinajstić information content (AvgIpc) is 3.31. The fraction of sp³-hybridized carbons (Fsp3) is 0.333. The van der Waals surface area contributed by atoms with Crippen LogP contribution in [0.15, 0.2) is 48.5 Å². The summed E-state index contributed by atoms with van der Waals surface area (Å²) in [6.45, 7) is 0.876. The van der Waals surface area contributed by atoms with Gasteiger partial charge in [0, 0.05) is 6.04 Å². The van der Waals surface area contributed by atoms with Crippen molar-refractivity contribution in [2.24, 2.45) is 0 Å². The summed E-state index contributed by atoms with van der Waals surface area (Å²) in [6, 6.07) is 12.2. The molecule has 0 saturated heterocycles. The quantitative estimate of drug-likeness (QED) is 0.511. The molecule has 0 aromatic heterocycles. The first kappa shape index (κ1) is 24.3. The molecular formula is C24H26ClN3O5. The maximum atomic E-state index is 12.6. The molecule has 0 spiro atoms. The van der Waals surface area contributed by atoms with Gasteiger partial charge in [0.15, 0.2) is 6.61 Å². The van der Waals surface area contributed by atoms with Crippen molar-refractivity contribution in [3.8, 4) is 0 Å². The molecule has 1 atom stereocenters. The Morgan fingerprint density at radius 2 is 1.61 bits per heavy atom. The molecule has 2 aromatic carbocycles. The van der Waals surface area contributed by atoms with Crippen molar-refractivity contribution in [1.29, 1.82) is 0 Å². The highest BCUT2D eigenvalue weighted by Gasteiger charge is 2.22. The van der Waals surface area contributed by atoms with Gasteiger partial charge in [-0.05, 0) is 44.0 Å². The normalized spacial score (nSPS) is 14.2. The Morgan fingerprint density at radius 3 is 2.30 bits per heavy atom. The zero-order chi connectivity index (χ0) is 23.8. The Bertz CT molecular complexity index is 1040. The molecule has 0 bridgehead atoms. The van der Waals surface area contributed by atoms with Crippen molar-refractivity contribution < 1.29 is 23.9 Å². The molecule has 1 aliphatic rings. The van der Waals surface area contributed by atoms with Crippen LogP contribution in [-0.4, -0.2) is 42.4 Å². The molecule has 3 rings (SSSR count). The van der Waals surface area contributed by atoms with Crippen molar-refractivity contribution in [3.05, 3.63) is 64.7 Å². The first-order valence-corrected chi connectivity index (χ1v) is 11.1. The van der Waals surface area contributed by atoms with Crippen LogP contribution in [0.1, 0.15) is 53.3 Å². The molecule has 1 saturated carbocycles. The van der Waals surface area contributed by atoms with Gasteiger partial charge in [0.2, 0.25) is 0 Å². The molecule has 1 fully saturated rings. The molecule has 9 heteroatoms.